The summed E-state index contributed by atoms with van der Waals surface area (Å²) in [5.41, 5.74) is 0.835. The summed E-state index contributed by atoms with van der Waals surface area (Å²) in [5, 5.41) is 10.1. The SMILES string of the molecule is CCOc1cccc(-c2ccc(C(C)(C)O)c(=O)n2CC)c1. The van der Waals surface area contributed by atoms with Gasteiger partial charge < -0.3 is 14.4 Å². The average molecular weight is 301 g/mol. The lowest BCUT2D eigenvalue weighted by atomic mass is 9.98. The molecule has 0 unspecified atom stereocenters. The third-order valence-electron chi connectivity index (χ3n) is 3.59. The van der Waals surface area contributed by atoms with E-state index in [4.69, 9.17) is 4.74 Å². The number of rotatable bonds is 5. The predicted molar refractivity (Wildman–Crippen MR) is 88.2 cm³/mol. The highest BCUT2D eigenvalue weighted by Gasteiger charge is 2.22. The van der Waals surface area contributed by atoms with Crippen LogP contribution in [0.1, 0.15) is 33.3 Å². The van der Waals surface area contributed by atoms with Crippen LogP contribution in [0.4, 0.5) is 0 Å². The lowest BCUT2D eigenvalue weighted by Gasteiger charge is -2.20. The molecule has 0 spiro atoms. The van der Waals surface area contributed by atoms with Gasteiger partial charge in [-0.05, 0) is 52.0 Å². The molecule has 0 amide bonds. The normalized spacial score (nSPS) is 11.5. The van der Waals surface area contributed by atoms with E-state index in [9.17, 15) is 9.90 Å². The molecule has 4 heteroatoms. The fraction of sp³-hybridized carbons (Fsp3) is 0.389. The molecule has 0 saturated heterocycles. The molecule has 0 saturated carbocycles. The molecule has 2 aromatic rings. The van der Waals surface area contributed by atoms with Gasteiger partial charge in [-0.15, -0.1) is 0 Å². The molecule has 0 aliphatic carbocycles. The molecule has 0 aliphatic heterocycles. The molecule has 0 radical (unpaired) electrons. The third kappa shape index (κ3) is 3.22. The second-order valence-electron chi connectivity index (χ2n) is 5.70. The number of hydrogen-bond acceptors (Lipinski definition) is 3. The molecule has 22 heavy (non-hydrogen) atoms. The molecule has 118 valence electrons. The number of benzene rings is 1. The van der Waals surface area contributed by atoms with Crippen LogP contribution in [0, 0.1) is 0 Å². The van der Waals surface area contributed by atoms with Gasteiger partial charge in [0.2, 0.25) is 0 Å². The maximum atomic E-state index is 12.6. The van der Waals surface area contributed by atoms with Gasteiger partial charge in [0, 0.05) is 17.7 Å². The second kappa shape index (κ2) is 6.36. The Labute approximate surface area is 131 Å². The molecule has 1 aromatic carbocycles. The van der Waals surface area contributed by atoms with E-state index in [1.54, 1.807) is 24.5 Å². The lowest BCUT2D eigenvalue weighted by molar-refractivity contribution is 0.0765. The standard InChI is InChI=1S/C18H23NO3/c1-5-19-16(11-10-15(17(19)20)18(3,4)21)13-8-7-9-14(12-13)22-6-2/h7-12,21H,5-6H2,1-4H3. The van der Waals surface area contributed by atoms with E-state index in [0.717, 1.165) is 17.0 Å². The van der Waals surface area contributed by atoms with Crippen LogP contribution in [-0.4, -0.2) is 16.3 Å². The first-order chi connectivity index (χ1) is 10.4. The van der Waals surface area contributed by atoms with Crippen molar-refractivity contribution in [2.75, 3.05) is 6.61 Å². The van der Waals surface area contributed by atoms with Crippen LogP contribution in [0.15, 0.2) is 41.2 Å². The first kappa shape index (κ1) is 16.3. The smallest absolute Gasteiger partial charge is 0.257 e. The van der Waals surface area contributed by atoms with Gasteiger partial charge in [-0.2, -0.15) is 0 Å². The van der Waals surface area contributed by atoms with Gasteiger partial charge in [-0.25, -0.2) is 0 Å². The highest BCUT2D eigenvalue weighted by Crippen LogP contribution is 2.25. The Hall–Kier alpha value is -2.07. The lowest BCUT2D eigenvalue weighted by Crippen LogP contribution is -2.32. The van der Waals surface area contributed by atoms with Crippen molar-refractivity contribution in [1.29, 1.82) is 0 Å². The van der Waals surface area contributed by atoms with E-state index in [2.05, 4.69) is 0 Å². The van der Waals surface area contributed by atoms with Gasteiger partial charge in [0.15, 0.2) is 0 Å². The van der Waals surface area contributed by atoms with Crippen molar-refractivity contribution in [3.8, 4) is 17.0 Å². The number of aromatic nitrogens is 1. The molecular weight excluding hydrogens is 278 g/mol. The minimum absolute atomic E-state index is 0.158. The van der Waals surface area contributed by atoms with Crippen LogP contribution in [-0.2, 0) is 12.1 Å². The van der Waals surface area contributed by atoms with E-state index >= 15 is 0 Å². The van der Waals surface area contributed by atoms with Crippen molar-refractivity contribution in [2.45, 2.75) is 39.8 Å². The number of pyridine rings is 1. The van der Waals surface area contributed by atoms with Crippen LogP contribution in [0.2, 0.25) is 0 Å². The Morgan fingerprint density at radius 1 is 1.18 bits per heavy atom. The molecule has 0 fully saturated rings. The zero-order chi connectivity index (χ0) is 16.3. The Balaban J connectivity index is 2.59. The number of nitrogens with zero attached hydrogens (tertiary/aromatic N) is 1. The van der Waals surface area contributed by atoms with Crippen molar-refractivity contribution in [1.82, 2.24) is 4.57 Å². The highest BCUT2D eigenvalue weighted by atomic mass is 16.5. The van der Waals surface area contributed by atoms with Gasteiger partial charge in [0.25, 0.3) is 5.56 Å². The molecule has 1 aromatic heterocycles. The van der Waals surface area contributed by atoms with E-state index < -0.39 is 5.60 Å². The predicted octanol–water partition coefficient (Wildman–Crippen LogP) is 3.16. The minimum Gasteiger partial charge on any atom is -0.494 e. The summed E-state index contributed by atoms with van der Waals surface area (Å²) < 4.78 is 7.20. The van der Waals surface area contributed by atoms with Crippen LogP contribution in [0.5, 0.6) is 5.75 Å². The maximum absolute atomic E-state index is 12.6. The van der Waals surface area contributed by atoms with Gasteiger partial charge in [-0.1, -0.05) is 12.1 Å². The van der Waals surface area contributed by atoms with Crippen LogP contribution < -0.4 is 10.3 Å². The van der Waals surface area contributed by atoms with Gasteiger partial charge >= 0.3 is 0 Å². The van der Waals surface area contributed by atoms with Crippen LogP contribution >= 0.6 is 0 Å². The summed E-state index contributed by atoms with van der Waals surface area (Å²) >= 11 is 0. The molecule has 1 heterocycles. The van der Waals surface area contributed by atoms with Crippen LogP contribution in [0.3, 0.4) is 0 Å². The molecular formula is C18H23NO3. The molecule has 0 atom stereocenters. The topological polar surface area (TPSA) is 51.5 Å². The van der Waals surface area contributed by atoms with E-state index in [-0.39, 0.29) is 5.56 Å². The van der Waals surface area contributed by atoms with Crippen molar-refractivity contribution >= 4 is 0 Å². The number of aliphatic hydroxyl groups is 1. The highest BCUT2D eigenvalue weighted by molar-refractivity contribution is 5.62. The Morgan fingerprint density at radius 3 is 2.50 bits per heavy atom. The van der Waals surface area contributed by atoms with Crippen molar-refractivity contribution in [3.05, 3.63) is 52.3 Å². The molecule has 0 aliphatic rings. The van der Waals surface area contributed by atoms with E-state index in [0.29, 0.717) is 18.7 Å². The zero-order valence-electron chi connectivity index (χ0n) is 13.6. The quantitative estimate of drug-likeness (QED) is 0.923. The molecule has 1 N–H and O–H groups in total. The van der Waals surface area contributed by atoms with Crippen molar-refractivity contribution < 1.29 is 9.84 Å². The van der Waals surface area contributed by atoms with Gasteiger partial charge in [0.05, 0.1) is 17.9 Å². The fourth-order valence-corrected chi connectivity index (χ4v) is 2.52. The van der Waals surface area contributed by atoms with Crippen molar-refractivity contribution in [3.63, 3.8) is 0 Å². The average Bonchev–Trinajstić information content (AvgIpc) is 2.46. The second-order valence-corrected chi connectivity index (χ2v) is 5.70. The Kier molecular flexibility index (Phi) is 4.71. The number of hydrogen-bond donors (Lipinski definition) is 1. The van der Waals surface area contributed by atoms with E-state index in [1.807, 2.05) is 44.2 Å². The first-order valence-electron chi connectivity index (χ1n) is 7.58. The van der Waals surface area contributed by atoms with Crippen LogP contribution in [0.25, 0.3) is 11.3 Å². The zero-order valence-corrected chi connectivity index (χ0v) is 13.6. The summed E-state index contributed by atoms with van der Waals surface area (Å²) in [6, 6.07) is 11.3. The van der Waals surface area contributed by atoms with Crippen molar-refractivity contribution in [2.24, 2.45) is 0 Å². The summed E-state index contributed by atoms with van der Waals surface area (Å²) in [4.78, 5) is 12.6. The minimum atomic E-state index is -1.15. The molecule has 0 bridgehead atoms. The molecule has 2 rings (SSSR count). The Morgan fingerprint density at radius 2 is 1.91 bits per heavy atom. The van der Waals surface area contributed by atoms with Gasteiger partial charge in [-0.3, -0.25) is 4.79 Å². The van der Waals surface area contributed by atoms with E-state index in [1.165, 1.54) is 0 Å². The first-order valence-corrected chi connectivity index (χ1v) is 7.58. The summed E-state index contributed by atoms with van der Waals surface area (Å²) in [6.07, 6.45) is 0. The summed E-state index contributed by atoms with van der Waals surface area (Å²) in [5.74, 6) is 0.779. The number of ether oxygens (including phenoxy) is 1. The largest absolute Gasteiger partial charge is 0.494 e. The molecule has 4 nitrogen and oxygen atoms in total. The van der Waals surface area contributed by atoms with Gasteiger partial charge in [0.1, 0.15) is 5.75 Å². The summed E-state index contributed by atoms with van der Waals surface area (Å²) in [7, 11) is 0. The fourth-order valence-electron chi connectivity index (χ4n) is 2.52. The third-order valence-corrected chi connectivity index (χ3v) is 3.59. The summed E-state index contributed by atoms with van der Waals surface area (Å²) in [6.45, 7) is 8.25. The maximum Gasteiger partial charge on any atom is 0.257 e. The Bertz CT molecular complexity index is 711. The monoisotopic (exact) mass is 301 g/mol.